The molecule has 0 saturated heterocycles. The third-order valence-electron chi connectivity index (χ3n) is 4.00. The zero-order valence-electron chi connectivity index (χ0n) is 14.0. The molecule has 1 N–H and O–H groups in total. The summed E-state index contributed by atoms with van der Waals surface area (Å²) in [6.07, 6.45) is 1.83. The second-order valence-corrected chi connectivity index (χ2v) is 5.83. The minimum absolute atomic E-state index is 0.197. The van der Waals surface area contributed by atoms with Crippen molar-refractivity contribution in [3.05, 3.63) is 65.4 Å². The van der Waals surface area contributed by atoms with E-state index in [-0.39, 0.29) is 5.91 Å². The Bertz CT molecular complexity index is 834. The van der Waals surface area contributed by atoms with Gasteiger partial charge in [-0.15, -0.1) is 0 Å². The first-order valence-corrected chi connectivity index (χ1v) is 8.07. The Labute approximate surface area is 141 Å². The minimum Gasteiger partial charge on any atom is -0.493 e. The van der Waals surface area contributed by atoms with Crippen LogP contribution in [0, 0.1) is 6.92 Å². The average Bonchev–Trinajstić information content (AvgIpc) is 3.04. The molecule has 0 spiro atoms. The van der Waals surface area contributed by atoms with Crippen molar-refractivity contribution >= 4 is 16.9 Å². The molecule has 0 fully saturated rings. The minimum atomic E-state index is -0.197. The molecule has 2 aromatic carbocycles. The third-order valence-corrected chi connectivity index (χ3v) is 4.00. The number of carbonyl (C=O) groups excluding carboxylic acids is 1. The van der Waals surface area contributed by atoms with Gasteiger partial charge in [0, 0.05) is 11.9 Å². The van der Waals surface area contributed by atoms with E-state index in [0.29, 0.717) is 23.6 Å². The monoisotopic (exact) mass is 323 g/mol. The second-order valence-electron chi connectivity index (χ2n) is 5.83. The molecule has 3 aromatic rings. The number of para-hydroxylation sites is 1. The highest BCUT2D eigenvalue weighted by atomic mass is 16.5. The predicted molar refractivity (Wildman–Crippen MR) is 94.6 cm³/mol. The van der Waals surface area contributed by atoms with Gasteiger partial charge in [-0.1, -0.05) is 42.0 Å². The Balaban J connectivity index is 1.56. The van der Waals surface area contributed by atoms with Crippen molar-refractivity contribution < 1.29 is 13.9 Å². The highest BCUT2D eigenvalue weighted by Crippen LogP contribution is 2.28. The van der Waals surface area contributed by atoms with Gasteiger partial charge < -0.3 is 14.5 Å². The van der Waals surface area contributed by atoms with Crippen LogP contribution in [0.3, 0.4) is 0 Å². The molecule has 24 heavy (non-hydrogen) atoms. The summed E-state index contributed by atoms with van der Waals surface area (Å²) < 4.78 is 10.9. The number of nitrogens with one attached hydrogen (secondary N) is 1. The summed E-state index contributed by atoms with van der Waals surface area (Å²) in [4.78, 5) is 12.2. The fourth-order valence-electron chi connectivity index (χ4n) is 2.65. The molecule has 0 saturated carbocycles. The molecular formula is C20H21NO3. The van der Waals surface area contributed by atoms with Crippen molar-refractivity contribution in [3.8, 4) is 5.75 Å². The Kier molecular flexibility index (Phi) is 4.85. The maximum absolute atomic E-state index is 12.2. The lowest BCUT2D eigenvalue weighted by Crippen LogP contribution is -2.24. The molecular weight excluding hydrogens is 302 g/mol. The number of carbonyl (C=O) groups is 1. The summed E-state index contributed by atoms with van der Waals surface area (Å²) in [5.41, 5.74) is 3.14. The second kappa shape index (κ2) is 7.21. The van der Waals surface area contributed by atoms with Gasteiger partial charge in [-0.05, 0) is 37.5 Å². The molecule has 1 amide bonds. The van der Waals surface area contributed by atoms with E-state index >= 15 is 0 Å². The van der Waals surface area contributed by atoms with E-state index < -0.39 is 0 Å². The third kappa shape index (κ3) is 3.59. The topological polar surface area (TPSA) is 51.5 Å². The van der Waals surface area contributed by atoms with Crippen molar-refractivity contribution in [2.75, 3.05) is 13.7 Å². The lowest BCUT2D eigenvalue weighted by Gasteiger charge is -2.04. The van der Waals surface area contributed by atoms with Crippen LogP contribution in [-0.4, -0.2) is 19.6 Å². The van der Waals surface area contributed by atoms with E-state index in [1.54, 1.807) is 13.2 Å². The molecule has 0 aliphatic heterocycles. The number of aryl methyl sites for hydroxylation is 2. The van der Waals surface area contributed by atoms with Crippen molar-refractivity contribution in [3.63, 3.8) is 0 Å². The highest BCUT2D eigenvalue weighted by Gasteiger charge is 2.14. The first-order valence-electron chi connectivity index (χ1n) is 8.07. The zero-order valence-corrected chi connectivity index (χ0v) is 14.0. The van der Waals surface area contributed by atoms with Crippen LogP contribution < -0.4 is 10.1 Å². The standard InChI is InChI=1S/C20H21NO3/c1-14-8-10-15(11-9-14)5-4-12-21-20(22)18-13-16-6-3-7-17(23-2)19(16)24-18/h3,6-11,13H,4-5,12H2,1-2H3,(H,21,22). The lowest BCUT2D eigenvalue weighted by atomic mass is 10.1. The smallest absolute Gasteiger partial charge is 0.287 e. The molecule has 1 heterocycles. The largest absolute Gasteiger partial charge is 0.493 e. The molecule has 4 heteroatoms. The summed E-state index contributed by atoms with van der Waals surface area (Å²) in [7, 11) is 1.59. The summed E-state index contributed by atoms with van der Waals surface area (Å²) in [6, 6.07) is 15.8. The Morgan fingerprint density at radius 3 is 2.71 bits per heavy atom. The number of methoxy groups -OCH3 is 1. The van der Waals surface area contributed by atoms with E-state index in [9.17, 15) is 4.79 Å². The Morgan fingerprint density at radius 2 is 1.96 bits per heavy atom. The van der Waals surface area contributed by atoms with E-state index in [1.165, 1.54) is 11.1 Å². The van der Waals surface area contributed by atoms with Crippen LogP contribution in [0.15, 0.2) is 52.9 Å². The molecule has 0 radical (unpaired) electrons. The summed E-state index contributed by atoms with van der Waals surface area (Å²) >= 11 is 0. The maximum atomic E-state index is 12.2. The molecule has 0 atom stereocenters. The lowest BCUT2D eigenvalue weighted by molar-refractivity contribution is 0.0927. The van der Waals surface area contributed by atoms with Gasteiger partial charge in [0.2, 0.25) is 0 Å². The maximum Gasteiger partial charge on any atom is 0.287 e. The number of benzene rings is 2. The van der Waals surface area contributed by atoms with Crippen LogP contribution in [0.5, 0.6) is 5.75 Å². The van der Waals surface area contributed by atoms with Crippen molar-refractivity contribution in [1.82, 2.24) is 5.32 Å². The summed E-state index contributed by atoms with van der Waals surface area (Å²) in [5.74, 6) is 0.743. The molecule has 0 bridgehead atoms. The number of hydrogen-bond donors (Lipinski definition) is 1. The first kappa shape index (κ1) is 16.1. The number of hydrogen-bond acceptors (Lipinski definition) is 3. The van der Waals surface area contributed by atoms with Crippen LogP contribution in [0.2, 0.25) is 0 Å². The van der Waals surface area contributed by atoms with Crippen LogP contribution in [0.1, 0.15) is 28.1 Å². The number of fused-ring (bicyclic) bond motifs is 1. The fraction of sp³-hybridized carbons (Fsp3) is 0.250. The highest BCUT2D eigenvalue weighted by molar-refractivity contribution is 5.97. The molecule has 4 nitrogen and oxygen atoms in total. The van der Waals surface area contributed by atoms with Crippen LogP contribution in [0.4, 0.5) is 0 Å². The zero-order chi connectivity index (χ0) is 16.9. The van der Waals surface area contributed by atoms with Gasteiger partial charge in [-0.3, -0.25) is 4.79 Å². The first-order chi connectivity index (χ1) is 11.7. The Morgan fingerprint density at radius 1 is 1.17 bits per heavy atom. The van der Waals surface area contributed by atoms with Gasteiger partial charge in [0.15, 0.2) is 17.1 Å². The summed E-state index contributed by atoms with van der Waals surface area (Å²) in [5, 5.41) is 3.77. The van der Waals surface area contributed by atoms with Gasteiger partial charge in [-0.2, -0.15) is 0 Å². The van der Waals surface area contributed by atoms with E-state index in [2.05, 4.69) is 36.5 Å². The molecule has 0 unspecified atom stereocenters. The molecule has 3 rings (SSSR count). The van der Waals surface area contributed by atoms with Gasteiger partial charge in [0.1, 0.15) is 0 Å². The number of furan rings is 1. The van der Waals surface area contributed by atoms with Crippen molar-refractivity contribution in [2.45, 2.75) is 19.8 Å². The van der Waals surface area contributed by atoms with Gasteiger partial charge >= 0.3 is 0 Å². The van der Waals surface area contributed by atoms with Crippen LogP contribution in [0.25, 0.3) is 11.0 Å². The van der Waals surface area contributed by atoms with Gasteiger partial charge in [0.05, 0.1) is 7.11 Å². The number of amides is 1. The Hall–Kier alpha value is -2.75. The molecule has 0 aliphatic carbocycles. The quantitative estimate of drug-likeness (QED) is 0.695. The number of rotatable bonds is 6. The molecule has 0 aliphatic rings. The van der Waals surface area contributed by atoms with E-state index in [1.807, 2.05) is 18.2 Å². The van der Waals surface area contributed by atoms with E-state index in [4.69, 9.17) is 9.15 Å². The SMILES string of the molecule is COc1cccc2cc(C(=O)NCCCc3ccc(C)cc3)oc12. The molecule has 124 valence electrons. The van der Waals surface area contributed by atoms with Crippen LogP contribution >= 0.6 is 0 Å². The summed E-state index contributed by atoms with van der Waals surface area (Å²) in [6.45, 7) is 2.69. The van der Waals surface area contributed by atoms with Crippen molar-refractivity contribution in [1.29, 1.82) is 0 Å². The van der Waals surface area contributed by atoms with Gasteiger partial charge in [0.25, 0.3) is 5.91 Å². The van der Waals surface area contributed by atoms with Crippen molar-refractivity contribution in [2.24, 2.45) is 0 Å². The average molecular weight is 323 g/mol. The molecule has 1 aromatic heterocycles. The van der Waals surface area contributed by atoms with Crippen LogP contribution in [-0.2, 0) is 6.42 Å². The number of ether oxygens (including phenoxy) is 1. The van der Waals surface area contributed by atoms with Gasteiger partial charge in [-0.25, -0.2) is 0 Å². The van der Waals surface area contributed by atoms with E-state index in [0.717, 1.165) is 18.2 Å². The fourth-order valence-corrected chi connectivity index (χ4v) is 2.65. The normalized spacial score (nSPS) is 10.8. The predicted octanol–water partition coefficient (Wildman–Crippen LogP) is 4.11.